The molecule has 1 saturated heterocycles. The molecule has 0 amide bonds. The molecule has 5 atom stereocenters. The highest BCUT2D eigenvalue weighted by Gasteiger charge is 2.44. The molecule has 2 aromatic carbocycles. The number of aryl methyl sites for hydroxylation is 1. The fourth-order valence-electron chi connectivity index (χ4n) is 4.20. The molecule has 4 N–H and O–H groups in total. The Morgan fingerprint density at radius 2 is 1.28 bits per heavy atom. The van der Waals surface area contributed by atoms with Crippen LogP contribution in [0, 0.1) is 0 Å². The van der Waals surface area contributed by atoms with Gasteiger partial charge in [-0.05, 0) is 54.8 Å². The van der Waals surface area contributed by atoms with Crippen LogP contribution in [0.3, 0.4) is 0 Å². The van der Waals surface area contributed by atoms with Gasteiger partial charge in [-0.15, -0.1) is 0 Å². The Morgan fingerprint density at radius 3 is 1.86 bits per heavy atom. The molecule has 198 valence electrons. The zero-order valence-corrected chi connectivity index (χ0v) is 21.1. The highest BCUT2D eigenvalue weighted by molar-refractivity contribution is 5.43. The minimum Gasteiger partial charge on any atom is -0.462 e. The lowest BCUT2D eigenvalue weighted by atomic mass is 9.99. The maximum Gasteiger partial charge on any atom is 0.229 e. The zero-order chi connectivity index (χ0) is 25.8. The van der Waals surface area contributed by atoms with Crippen molar-refractivity contribution in [2.24, 2.45) is 10.2 Å². The summed E-state index contributed by atoms with van der Waals surface area (Å²) in [5.74, 6) is 0.378. The van der Waals surface area contributed by atoms with Crippen molar-refractivity contribution in [3.63, 3.8) is 0 Å². The average Bonchev–Trinajstić information content (AvgIpc) is 2.90. The second-order valence-electron chi connectivity index (χ2n) is 9.40. The number of hydrogen-bond donors (Lipinski definition) is 4. The first-order valence-electron chi connectivity index (χ1n) is 13.1. The molecule has 1 aliphatic rings. The molecule has 1 heterocycles. The molecular weight excluding hydrogens is 460 g/mol. The first-order chi connectivity index (χ1) is 17.5. The summed E-state index contributed by atoms with van der Waals surface area (Å²) in [6.45, 7) is 1.74. The molecule has 8 heteroatoms. The smallest absolute Gasteiger partial charge is 0.229 e. The summed E-state index contributed by atoms with van der Waals surface area (Å²) in [6, 6.07) is 14.9. The van der Waals surface area contributed by atoms with Gasteiger partial charge in [-0.1, -0.05) is 64.0 Å². The molecule has 0 saturated carbocycles. The van der Waals surface area contributed by atoms with E-state index in [1.54, 1.807) is 24.3 Å². The topological polar surface area (TPSA) is 124 Å². The molecule has 3 rings (SSSR count). The van der Waals surface area contributed by atoms with Gasteiger partial charge in [-0.25, -0.2) is 0 Å². The van der Waals surface area contributed by atoms with Crippen molar-refractivity contribution in [1.82, 2.24) is 0 Å². The molecule has 36 heavy (non-hydrogen) atoms. The summed E-state index contributed by atoms with van der Waals surface area (Å²) in [7, 11) is 0. The Morgan fingerprint density at radius 1 is 0.722 bits per heavy atom. The van der Waals surface area contributed by atoms with Crippen molar-refractivity contribution < 1.29 is 29.9 Å². The minimum absolute atomic E-state index is 0.378. The van der Waals surface area contributed by atoms with Gasteiger partial charge in [-0.2, -0.15) is 10.2 Å². The maximum atomic E-state index is 10.1. The van der Waals surface area contributed by atoms with Crippen molar-refractivity contribution in [1.29, 1.82) is 0 Å². The summed E-state index contributed by atoms with van der Waals surface area (Å²) in [6.07, 6.45) is 5.02. The number of benzene rings is 2. The predicted octanol–water partition coefficient (Wildman–Crippen LogP) is 4.96. The molecule has 0 unspecified atom stereocenters. The van der Waals surface area contributed by atoms with Crippen LogP contribution in [0.25, 0.3) is 0 Å². The number of aliphatic hydroxyl groups is 4. The number of aliphatic hydroxyl groups excluding tert-OH is 4. The third kappa shape index (κ3) is 8.64. The third-order valence-electron chi connectivity index (χ3n) is 6.47. The first kappa shape index (κ1) is 28.2. The summed E-state index contributed by atoms with van der Waals surface area (Å²) >= 11 is 0. The Bertz CT molecular complexity index is 903. The van der Waals surface area contributed by atoms with Crippen LogP contribution < -0.4 is 4.74 Å². The van der Waals surface area contributed by atoms with Crippen molar-refractivity contribution in [3.8, 4) is 5.75 Å². The van der Waals surface area contributed by atoms with E-state index in [9.17, 15) is 20.4 Å². The standard InChI is InChI=1S/C28H40N2O6/c1-2-3-4-5-6-7-8-9-10-20-11-13-21(14-12-20)29-30-22-15-17-23(18-16-22)35-28-27(34)26(33)25(32)24(19-31)36-28/h11-18,24-28,31-34H,2-10,19H2,1H3/t24-,25+,26+,27-,28+/m1/s1. The van der Waals surface area contributed by atoms with Crippen molar-refractivity contribution in [3.05, 3.63) is 54.1 Å². The number of ether oxygens (including phenoxy) is 2. The zero-order valence-electron chi connectivity index (χ0n) is 21.1. The number of unbranched alkanes of at least 4 members (excludes halogenated alkanes) is 7. The number of hydrogen-bond acceptors (Lipinski definition) is 8. The highest BCUT2D eigenvalue weighted by Crippen LogP contribution is 2.26. The van der Waals surface area contributed by atoms with Gasteiger partial charge in [-0.3, -0.25) is 0 Å². The Hall–Kier alpha value is -2.36. The number of azo groups is 1. The molecular formula is C28H40N2O6. The molecule has 2 aromatic rings. The van der Waals surface area contributed by atoms with E-state index in [0.717, 1.165) is 12.1 Å². The van der Waals surface area contributed by atoms with Gasteiger partial charge >= 0.3 is 0 Å². The van der Waals surface area contributed by atoms with Gasteiger partial charge in [0.15, 0.2) is 0 Å². The van der Waals surface area contributed by atoms with Crippen LogP contribution in [0.15, 0.2) is 58.8 Å². The fourth-order valence-corrected chi connectivity index (χ4v) is 4.20. The van der Waals surface area contributed by atoms with E-state index in [4.69, 9.17) is 9.47 Å². The summed E-state index contributed by atoms with van der Waals surface area (Å²) in [4.78, 5) is 0. The van der Waals surface area contributed by atoms with E-state index < -0.39 is 37.3 Å². The minimum atomic E-state index is -1.49. The van der Waals surface area contributed by atoms with Gasteiger partial charge in [0.1, 0.15) is 30.2 Å². The Labute approximate surface area is 213 Å². The van der Waals surface area contributed by atoms with Crippen LogP contribution in [0.5, 0.6) is 5.75 Å². The maximum absolute atomic E-state index is 10.1. The Balaban J connectivity index is 1.42. The van der Waals surface area contributed by atoms with E-state index in [1.165, 1.54) is 56.9 Å². The van der Waals surface area contributed by atoms with Crippen LogP contribution in [0.1, 0.15) is 63.9 Å². The molecule has 0 aromatic heterocycles. The monoisotopic (exact) mass is 500 g/mol. The van der Waals surface area contributed by atoms with Crippen LogP contribution in [-0.2, 0) is 11.2 Å². The van der Waals surface area contributed by atoms with E-state index in [1.807, 2.05) is 12.1 Å². The summed E-state index contributed by atoms with van der Waals surface area (Å²) < 4.78 is 11.0. The molecule has 8 nitrogen and oxygen atoms in total. The predicted molar refractivity (Wildman–Crippen MR) is 138 cm³/mol. The third-order valence-corrected chi connectivity index (χ3v) is 6.47. The van der Waals surface area contributed by atoms with Crippen LogP contribution >= 0.6 is 0 Å². The summed E-state index contributed by atoms with van der Waals surface area (Å²) in [5.41, 5.74) is 2.71. The van der Waals surface area contributed by atoms with Crippen LogP contribution in [0.2, 0.25) is 0 Å². The fraction of sp³-hybridized carbons (Fsp3) is 0.571. The number of rotatable bonds is 14. The molecule has 1 fully saturated rings. The van der Waals surface area contributed by atoms with Crippen molar-refractivity contribution in [2.45, 2.75) is 95.4 Å². The quantitative estimate of drug-likeness (QED) is 0.215. The van der Waals surface area contributed by atoms with Gasteiger partial charge in [0.25, 0.3) is 0 Å². The van der Waals surface area contributed by atoms with Gasteiger partial charge in [0.05, 0.1) is 18.0 Å². The second kappa shape index (κ2) is 15.0. The molecule has 0 spiro atoms. The average molecular weight is 501 g/mol. The number of nitrogens with zero attached hydrogens (tertiary/aromatic N) is 2. The highest BCUT2D eigenvalue weighted by atomic mass is 16.7. The lowest BCUT2D eigenvalue weighted by Crippen LogP contribution is -2.60. The van der Waals surface area contributed by atoms with Crippen LogP contribution in [-0.4, -0.2) is 57.7 Å². The second-order valence-corrected chi connectivity index (χ2v) is 9.40. The lowest BCUT2D eigenvalue weighted by Gasteiger charge is -2.39. The van der Waals surface area contributed by atoms with E-state index >= 15 is 0 Å². The van der Waals surface area contributed by atoms with Crippen molar-refractivity contribution in [2.75, 3.05) is 6.61 Å². The molecule has 1 aliphatic heterocycles. The largest absolute Gasteiger partial charge is 0.462 e. The van der Waals surface area contributed by atoms with Gasteiger partial charge in [0.2, 0.25) is 6.29 Å². The lowest BCUT2D eigenvalue weighted by molar-refractivity contribution is -0.277. The summed E-state index contributed by atoms with van der Waals surface area (Å²) in [5, 5.41) is 47.7. The molecule has 0 aliphatic carbocycles. The van der Waals surface area contributed by atoms with Gasteiger partial charge in [0, 0.05) is 0 Å². The van der Waals surface area contributed by atoms with E-state index in [-0.39, 0.29) is 0 Å². The molecule has 0 radical (unpaired) electrons. The SMILES string of the molecule is CCCCCCCCCCc1ccc(N=Nc2ccc(O[C@H]3O[C@H](CO)[C@H](O)[C@H](O)[C@H]3O)cc2)cc1. The van der Waals surface area contributed by atoms with Crippen LogP contribution in [0.4, 0.5) is 11.4 Å². The normalized spacial score (nSPS) is 24.3. The Kier molecular flexibility index (Phi) is 11.8. The van der Waals surface area contributed by atoms with Crippen molar-refractivity contribution >= 4 is 11.4 Å². The molecule has 0 bridgehead atoms. The van der Waals surface area contributed by atoms with Gasteiger partial charge < -0.3 is 29.9 Å². The first-order valence-corrected chi connectivity index (χ1v) is 13.1. The van der Waals surface area contributed by atoms with E-state index in [2.05, 4.69) is 29.3 Å². The van der Waals surface area contributed by atoms with E-state index in [0.29, 0.717) is 11.4 Å².